The van der Waals surface area contributed by atoms with E-state index in [1.54, 1.807) is 28.9 Å². The normalized spacial score (nSPS) is 11.4. The molecular weight excluding hydrogens is 509 g/mol. The van der Waals surface area contributed by atoms with Gasteiger partial charge in [0.15, 0.2) is 0 Å². The van der Waals surface area contributed by atoms with Crippen LogP contribution in [0, 0.1) is 0 Å². The van der Waals surface area contributed by atoms with Crippen LogP contribution in [-0.2, 0) is 0 Å². The van der Waals surface area contributed by atoms with Crippen molar-refractivity contribution in [3.8, 4) is 0 Å². The van der Waals surface area contributed by atoms with Crippen LogP contribution < -0.4 is 15.9 Å². The van der Waals surface area contributed by atoms with E-state index < -0.39 is 6.89 Å². The molecular formula is C32H23ClN3OP. The first-order valence-corrected chi connectivity index (χ1v) is 14.4. The second-order valence-corrected chi connectivity index (χ2v) is 12.6. The van der Waals surface area contributed by atoms with Gasteiger partial charge in [-0.1, -0.05) is 120 Å². The zero-order chi connectivity index (χ0) is 26.0. The van der Waals surface area contributed by atoms with Gasteiger partial charge in [-0.25, -0.2) is 4.68 Å². The Labute approximate surface area is 226 Å². The van der Waals surface area contributed by atoms with E-state index in [-0.39, 0.29) is 5.78 Å². The van der Waals surface area contributed by atoms with Crippen LogP contribution >= 0.6 is 18.5 Å². The molecule has 0 bridgehead atoms. The van der Waals surface area contributed by atoms with Gasteiger partial charge < -0.3 is 0 Å². The SMILES string of the molecule is O=C(C(n1nnc2ccccc21)=P(c1ccccc1)(c1ccccc1)c1ccccc1)c1ccc(Cl)cc1. The molecule has 184 valence electrons. The van der Waals surface area contributed by atoms with E-state index in [0.29, 0.717) is 16.0 Å². The highest BCUT2D eigenvalue weighted by molar-refractivity contribution is 7.96. The number of aromatic nitrogens is 3. The van der Waals surface area contributed by atoms with Crippen LogP contribution in [-0.4, -0.2) is 26.2 Å². The summed E-state index contributed by atoms with van der Waals surface area (Å²) < 4.78 is 1.76. The second-order valence-electron chi connectivity index (χ2n) is 8.83. The van der Waals surface area contributed by atoms with Crippen molar-refractivity contribution in [2.45, 2.75) is 0 Å². The topological polar surface area (TPSA) is 47.8 Å². The van der Waals surface area contributed by atoms with Crippen LogP contribution in [0.3, 0.4) is 0 Å². The third-order valence-electron chi connectivity index (χ3n) is 6.61. The standard InChI is InChI=1S/C32H23ClN3OP/c33-25-22-20-24(21-23-25)31(37)32(36-30-19-11-10-18-29(30)34-35-36)38(26-12-4-1-5-13-26,27-14-6-2-7-15-27)28-16-8-3-9-17-28/h1-23H. The average Bonchev–Trinajstić information content (AvgIpc) is 3.41. The molecule has 0 aliphatic carbocycles. The quantitative estimate of drug-likeness (QED) is 0.197. The number of halogens is 1. The van der Waals surface area contributed by atoms with Crippen molar-refractivity contribution in [1.82, 2.24) is 15.0 Å². The highest BCUT2D eigenvalue weighted by Gasteiger charge is 2.36. The molecule has 0 radical (unpaired) electrons. The number of para-hydroxylation sites is 1. The lowest BCUT2D eigenvalue weighted by Crippen LogP contribution is -2.37. The predicted octanol–water partition coefficient (Wildman–Crippen LogP) is 5.94. The zero-order valence-electron chi connectivity index (χ0n) is 20.4. The lowest BCUT2D eigenvalue weighted by Gasteiger charge is -2.32. The van der Waals surface area contributed by atoms with Crippen LogP contribution in [0.2, 0.25) is 5.02 Å². The van der Waals surface area contributed by atoms with Crippen LogP contribution in [0.4, 0.5) is 0 Å². The number of carbonyl (C=O) groups excluding carboxylic acids is 1. The first-order chi connectivity index (χ1) is 18.7. The molecule has 0 atom stereocenters. The molecule has 0 aliphatic rings. The summed E-state index contributed by atoms with van der Waals surface area (Å²) in [6, 6.07) is 45.6. The van der Waals surface area contributed by atoms with Crippen molar-refractivity contribution in [2.24, 2.45) is 0 Å². The van der Waals surface area contributed by atoms with E-state index in [0.717, 1.165) is 26.9 Å². The molecule has 0 fully saturated rings. The maximum atomic E-state index is 14.8. The monoisotopic (exact) mass is 531 g/mol. The van der Waals surface area contributed by atoms with Crippen LogP contribution in [0.5, 0.6) is 0 Å². The van der Waals surface area contributed by atoms with Crippen molar-refractivity contribution in [3.05, 3.63) is 150 Å². The molecule has 0 aliphatic heterocycles. The molecule has 1 aromatic heterocycles. The zero-order valence-corrected chi connectivity index (χ0v) is 22.0. The minimum absolute atomic E-state index is 0.123. The molecule has 6 aromatic rings. The van der Waals surface area contributed by atoms with E-state index in [1.165, 1.54) is 0 Å². The van der Waals surface area contributed by atoms with E-state index in [9.17, 15) is 4.79 Å². The van der Waals surface area contributed by atoms with Gasteiger partial charge in [0.25, 0.3) is 0 Å². The van der Waals surface area contributed by atoms with Gasteiger partial charge in [-0.05, 0) is 52.3 Å². The predicted molar refractivity (Wildman–Crippen MR) is 159 cm³/mol. The third kappa shape index (κ3) is 4.09. The molecule has 0 saturated carbocycles. The number of carbonyl (C=O) groups is 1. The van der Waals surface area contributed by atoms with Gasteiger partial charge in [0.1, 0.15) is 10.9 Å². The maximum Gasteiger partial charge on any atom is 0.212 e. The third-order valence-corrected chi connectivity index (χ3v) is 11.1. The molecule has 5 aromatic carbocycles. The largest absolute Gasteiger partial charge is 0.287 e. The van der Waals surface area contributed by atoms with Crippen molar-refractivity contribution in [2.75, 3.05) is 0 Å². The number of fused-ring (bicyclic) bond motifs is 1. The summed E-state index contributed by atoms with van der Waals surface area (Å²) in [4.78, 5) is 14.8. The highest BCUT2D eigenvalue weighted by Crippen LogP contribution is 2.47. The fraction of sp³-hybridized carbons (Fsp3) is 0. The Hall–Kier alpha value is -4.24. The maximum absolute atomic E-state index is 14.8. The highest BCUT2D eigenvalue weighted by atomic mass is 35.5. The molecule has 0 saturated heterocycles. The fourth-order valence-electron chi connectivity index (χ4n) is 4.92. The number of rotatable bonds is 6. The number of hydrogen-bond donors (Lipinski definition) is 0. The van der Waals surface area contributed by atoms with Crippen molar-refractivity contribution < 1.29 is 4.79 Å². The smallest absolute Gasteiger partial charge is 0.212 e. The molecule has 4 nitrogen and oxygen atoms in total. The van der Waals surface area contributed by atoms with Crippen LogP contribution in [0.25, 0.3) is 11.0 Å². The molecule has 1 heterocycles. The Bertz CT molecular complexity index is 1680. The van der Waals surface area contributed by atoms with Gasteiger partial charge in [0.05, 0.1) is 5.52 Å². The molecule has 0 spiro atoms. The summed E-state index contributed by atoms with van der Waals surface area (Å²) in [6.07, 6.45) is 0. The first kappa shape index (κ1) is 24.1. The van der Waals surface area contributed by atoms with Gasteiger partial charge in [-0.3, -0.25) is 4.79 Å². The van der Waals surface area contributed by atoms with Gasteiger partial charge in [0, 0.05) is 17.5 Å². The van der Waals surface area contributed by atoms with Crippen molar-refractivity contribution >= 4 is 56.6 Å². The van der Waals surface area contributed by atoms with Gasteiger partial charge in [-0.15, -0.1) is 5.10 Å². The second kappa shape index (κ2) is 10.3. The lowest BCUT2D eigenvalue weighted by atomic mass is 10.1. The molecule has 38 heavy (non-hydrogen) atoms. The number of benzene rings is 5. The number of nitrogens with zero attached hydrogens (tertiary/aromatic N) is 3. The molecule has 6 heteroatoms. The minimum Gasteiger partial charge on any atom is -0.287 e. The summed E-state index contributed by atoms with van der Waals surface area (Å²) in [6.45, 7) is -2.80. The Morgan fingerprint density at radius 2 is 1.08 bits per heavy atom. The summed E-state index contributed by atoms with van der Waals surface area (Å²) in [5.41, 5.74) is 2.60. The Morgan fingerprint density at radius 3 is 1.61 bits per heavy atom. The summed E-state index contributed by atoms with van der Waals surface area (Å²) in [5.74, 6) is -0.123. The molecule has 0 amide bonds. The number of hydrogen-bond acceptors (Lipinski definition) is 3. The van der Waals surface area contributed by atoms with E-state index >= 15 is 0 Å². The average molecular weight is 532 g/mol. The van der Waals surface area contributed by atoms with E-state index in [2.05, 4.69) is 46.7 Å². The minimum atomic E-state index is -2.80. The number of ketones is 1. The summed E-state index contributed by atoms with van der Waals surface area (Å²) in [7, 11) is 0. The summed E-state index contributed by atoms with van der Waals surface area (Å²) >= 11 is 6.21. The molecule has 0 N–H and O–H groups in total. The Morgan fingerprint density at radius 1 is 0.605 bits per heavy atom. The van der Waals surface area contributed by atoms with Gasteiger partial charge in [0.2, 0.25) is 5.78 Å². The van der Waals surface area contributed by atoms with Crippen molar-refractivity contribution in [1.29, 1.82) is 0 Å². The molecule has 0 unspecified atom stereocenters. The van der Waals surface area contributed by atoms with E-state index in [1.807, 2.05) is 78.9 Å². The fourth-order valence-corrected chi connectivity index (χ4v) is 9.39. The lowest BCUT2D eigenvalue weighted by molar-refractivity contribution is 0.106. The Balaban J connectivity index is 1.89. The number of Topliss-reactive ketones (excluding diaryl/α,β-unsaturated/α-hetero) is 1. The Kier molecular flexibility index (Phi) is 6.51. The molecule has 6 rings (SSSR count). The van der Waals surface area contributed by atoms with E-state index in [4.69, 9.17) is 11.6 Å². The van der Waals surface area contributed by atoms with Crippen LogP contribution in [0.15, 0.2) is 140 Å². The van der Waals surface area contributed by atoms with Gasteiger partial charge >= 0.3 is 0 Å². The summed E-state index contributed by atoms with van der Waals surface area (Å²) in [5, 5.41) is 12.8. The van der Waals surface area contributed by atoms with Crippen LogP contribution in [0.1, 0.15) is 10.4 Å². The first-order valence-electron chi connectivity index (χ1n) is 12.2. The van der Waals surface area contributed by atoms with Crippen molar-refractivity contribution in [3.63, 3.8) is 0 Å². The van der Waals surface area contributed by atoms with Gasteiger partial charge in [-0.2, -0.15) is 0 Å².